The van der Waals surface area contributed by atoms with Gasteiger partial charge in [-0.3, -0.25) is 4.79 Å². The van der Waals surface area contributed by atoms with Crippen LogP contribution in [0.25, 0.3) is 0 Å². The molecule has 0 saturated heterocycles. The summed E-state index contributed by atoms with van der Waals surface area (Å²) < 4.78 is 12.9. The highest BCUT2D eigenvalue weighted by Gasteiger charge is 2.04. The quantitative estimate of drug-likeness (QED) is 0.660. The molecule has 1 rings (SSSR count). The molecule has 0 aliphatic rings. The molecule has 0 saturated carbocycles. The van der Waals surface area contributed by atoms with Crippen molar-refractivity contribution < 1.29 is 9.18 Å². The van der Waals surface area contributed by atoms with Crippen molar-refractivity contribution in [1.82, 2.24) is 0 Å². The van der Waals surface area contributed by atoms with Crippen molar-refractivity contribution in [2.45, 2.75) is 0 Å². The second-order valence-electron chi connectivity index (χ2n) is 2.31. The Bertz CT molecular complexity index is 332. The molecule has 0 radical (unpaired) electrons. The molecule has 13 heavy (non-hydrogen) atoms. The fraction of sp³-hybridized carbons (Fsp3) is 0.125. The molecule has 0 unspecified atom stereocenters. The van der Waals surface area contributed by atoms with Crippen molar-refractivity contribution in [3.8, 4) is 0 Å². The third kappa shape index (κ3) is 3.11. The summed E-state index contributed by atoms with van der Waals surface area (Å²) in [6.45, 7) is 0. The minimum atomic E-state index is -0.419. The van der Waals surface area contributed by atoms with Gasteiger partial charge in [-0.1, -0.05) is 34.2 Å². The average molecular weight is 313 g/mol. The zero-order chi connectivity index (χ0) is 9.84. The van der Waals surface area contributed by atoms with Crippen LogP contribution in [-0.4, -0.2) is 10.3 Å². The molecule has 70 valence electrons. The highest BCUT2D eigenvalue weighted by Crippen LogP contribution is 2.22. The molecule has 0 fully saturated rings. The number of nitrogens with one attached hydrogen (secondary N) is 1. The molecular formula is C8H6ClFINO. The molecule has 1 aromatic carbocycles. The van der Waals surface area contributed by atoms with Crippen LogP contribution in [0.4, 0.5) is 10.1 Å². The Morgan fingerprint density at radius 3 is 2.85 bits per heavy atom. The summed E-state index contributed by atoms with van der Waals surface area (Å²) in [6, 6.07) is 3.83. The Kier molecular flexibility index (Phi) is 3.92. The van der Waals surface area contributed by atoms with Gasteiger partial charge >= 0.3 is 0 Å². The maximum Gasteiger partial charge on any atom is 0.234 e. The van der Waals surface area contributed by atoms with Crippen LogP contribution in [0.5, 0.6) is 0 Å². The molecule has 1 N–H and O–H groups in total. The molecule has 0 aliphatic heterocycles. The van der Waals surface area contributed by atoms with Crippen LogP contribution < -0.4 is 5.32 Å². The van der Waals surface area contributed by atoms with E-state index in [1.54, 1.807) is 0 Å². The van der Waals surface area contributed by atoms with Crippen molar-refractivity contribution in [3.63, 3.8) is 0 Å². The molecule has 0 heterocycles. The fourth-order valence-electron chi connectivity index (χ4n) is 0.774. The molecule has 0 bridgehead atoms. The van der Waals surface area contributed by atoms with Gasteiger partial charge in [-0.25, -0.2) is 4.39 Å². The van der Waals surface area contributed by atoms with Gasteiger partial charge in [0.1, 0.15) is 5.82 Å². The molecule has 0 spiro atoms. The minimum Gasteiger partial charge on any atom is -0.324 e. The van der Waals surface area contributed by atoms with E-state index in [-0.39, 0.29) is 10.9 Å². The first-order chi connectivity index (χ1) is 6.13. The maximum absolute atomic E-state index is 12.6. The Labute approximate surface area is 93.6 Å². The summed E-state index contributed by atoms with van der Waals surface area (Å²) in [7, 11) is 0. The molecular weight excluding hydrogens is 307 g/mol. The number of hydrogen-bond donors (Lipinski definition) is 1. The predicted octanol–water partition coefficient (Wildman–Crippen LogP) is 2.85. The van der Waals surface area contributed by atoms with Crippen LogP contribution >= 0.6 is 34.2 Å². The van der Waals surface area contributed by atoms with Crippen LogP contribution in [0.15, 0.2) is 18.2 Å². The van der Waals surface area contributed by atoms with Crippen molar-refractivity contribution >= 4 is 45.8 Å². The van der Waals surface area contributed by atoms with Crippen molar-refractivity contribution in [3.05, 3.63) is 29.0 Å². The number of halogens is 3. The SMILES string of the molecule is O=C(CI)Nc1ccc(F)cc1Cl. The average Bonchev–Trinajstić information content (AvgIpc) is 2.09. The zero-order valence-corrected chi connectivity index (χ0v) is 9.39. The monoisotopic (exact) mass is 313 g/mol. The van der Waals surface area contributed by atoms with E-state index in [0.29, 0.717) is 10.1 Å². The highest BCUT2D eigenvalue weighted by atomic mass is 127. The van der Waals surface area contributed by atoms with Crippen molar-refractivity contribution in [2.75, 3.05) is 9.74 Å². The second kappa shape index (κ2) is 4.76. The number of amides is 1. The third-order valence-corrected chi connectivity index (χ3v) is 2.33. The molecule has 5 heteroatoms. The van der Waals surface area contributed by atoms with E-state index in [2.05, 4.69) is 5.32 Å². The van der Waals surface area contributed by atoms with Gasteiger partial charge < -0.3 is 5.32 Å². The molecule has 2 nitrogen and oxygen atoms in total. The van der Waals surface area contributed by atoms with Gasteiger partial charge in [0.25, 0.3) is 0 Å². The summed E-state index contributed by atoms with van der Waals surface area (Å²) in [6.07, 6.45) is 0. The number of alkyl halides is 1. The predicted molar refractivity (Wildman–Crippen MR) is 58.9 cm³/mol. The number of rotatable bonds is 2. The van der Waals surface area contributed by atoms with Crippen LogP contribution in [-0.2, 0) is 4.79 Å². The normalized spacial score (nSPS) is 9.77. The number of carbonyl (C=O) groups is 1. The van der Waals surface area contributed by atoms with Crippen molar-refractivity contribution in [1.29, 1.82) is 0 Å². The third-order valence-electron chi connectivity index (χ3n) is 1.33. The zero-order valence-electron chi connectivity index (χ0n) is 6.48. The van der Waals surface area contributed by atoms with E-state index >= 15 is 0 Å². The van der Waals surface area contributed by atoms with Gasteiger partial charge in [0.05, 0.1) is 15.1 Å². The second-order valence-corrected chi connectivity index (χ2v) is 3.48. The molecule has 0 aliphatic carbocycles. The lowest BCUT2D eigenvalue weighted by Gasteiger charge is -2.04. The van der Waals surface area contributed by atoms with E-state index in [4.69, 9.17) is 11.6 Å². The van der Waals surface area contributed by atoms with Crippen LogP contribution in [0.3, 0.4) is 0 Å². The van der Waals surface area contributed by atoms with E-state index in [9.17, 15) is 9.18 Å². The number of carbonyl (C=O) groups excluding carboxylic acids is 1. The summed E-state index contributed by atoms with van der Waals surface area (Å²) in [5.74, 6) is -0.577. The minimum absolute atomic E-state index is 0.158. The first-order valence-electron chi connectivity index (χ1n) is 3.44. The van der Waals surface area contributed by atoms with Gasteiger partial charge in [-0.15, -0.1) is 0 Å². The topological polar surface area (TPSA) is 29.1 Å². The maximum atomic E-state index is 12.6. The lowest BCUT2D eigenvalue weighted by Crippen LogP contribution is -2.12. The van der Waals surface area contributed by atoms with E-state index in [1.165, 1.54) is 12.1 Å². The van der Waals surface area contributed by atoms with E-state index in [1.807, 2.05) is 22.6 Å². The standard InChI is InChI=1S/C8H6ClFINO/c9-6-3-5(10)1-2-7(6)12-8(13)4-11/h1-3H,4H2,(H,12,13). The van der Waals surface area contributed by atoms with Crippen LogP contribution in [0.1, 0.15) is 0 Å². The summed E-state index contributed by atoms with van der Waals surface area (Å²) in [5.41, 5.74) is 0.435. The van der Waals surface area contributed by atoms with Gasteiger partial charge in [0, 0.05) is 0 Å². The molecule has 0 atom stereocenters. The van der Waals surface area contributed by atoms with Gasteiger partial charge in [0.15, 0.2) is 0 Å². The summed E-state index contributed by atoms with van der Waals surface area (Å²) in [5, 5.41) is 2.75. The fourth-order valence-corrected chi connectivity index (χ4v) is 1.18. The molecule has 1 aromatic rings. The smallest absolute Gasteiger partial charge is 0.234 e. The van der Waals surface area contributed by atoms with Gasteiger partial charge in [-0.05, 0) is 18.2 Å². The number of benzene rings is 1. The van der Waals surface area contributed by atoms with Crippen molar-refractivity contribution in [2.24, 2.45) is 0 Å². The van der Waals surface area contributed by atoms with Crippen LogP contribution in [0.2, 0.25) is 5.02 Å². The van der Waals surface area contributed by atoms with Crippen LogP contribution in [0, 0.1) is 5.82 Å². The lowest BCUT2D eigenvalue weighted by atomic mass is 10.3. The largest absolute Gasteiger partial charge is 0.324 e. The van der Waals surface area contributed by atoms with E-state index < -0.39 is 5.82 Å². The first-order valence-corrected chi connectivity index (χ1v) is 5.34. The number of anilines is 1. The Hall–Kier alpha value is -0.360. The molecule has 1 amide bonds. The Morgan fingerprint density at radius 1 is 1.62 bits per heavy atom. The summed E-state index contributed by atoms with van der Waals surface area (Å²) >= 11 is 7.60. The highest BCUT2D eigenvalue weighted by molar-refractivity contribution is 14.1. The van der Waals surface area contributed by atoms with Gasteiger partial charge in [-0.2, -0.15) is 0 Å². The number of hydrogen-bond acceptors (Lipinski definition) is 1. The Morgan fingerprint density at radius 2 is 2.31 bits per heavy atom. The first kappa shape index (κ1) is 10.7. The lowest BCUT2D eigenvalue weighted by molar-refractivity contribution is -0.113. The van der Waals surface area contributed by atoms with Gasteiger partial charge in [0.2, 0.25) is 5.91 Å². The van der Waals surface area contributed by atoms with E-state index in [0.717, 1.165) is 6.07 Å². The Balaban J connectivity index is 2.83. The summed E-state index contributed by atoms with van der Waals surface area (Å²) in [4.78, 5) is 10.9. The molecule has 0 aromatic heterocycles.